The number of fused-ring (bicyclic) bond motifs is 6. The first-order chi connectivity index (χ1) is 23.4. The average molecular weight is 646 g/mol. The summed E-state index contributed by atoms with van der Waals surface area (Å²) in [6.45, 7) is 3.77. The maximum absolute atomic E-state index is 11.4. The van der Waals surface area contributed by atoms with Crippen molar-refractivity contribution in [2.75, 3.05) is 20.3 Å². The molecule has 0 aliphatic rings. The number of aromatic nitrogens is 2. The molecule has 0 bridgehead atoms. The van der Waals surface area contributed by atoms with Crippen LogP contribution in [-0.2, 0) is 0 Å². The van der Waals surface area contributed by atoms with Gasteiger partial charge in [-0.15, -0.1) is 0 Å². The lowest BCUT2D eigenvalue weighted by molar-refractivity contribution is -0.153. The Morgan fingerprint density at radius 2 is 1.00 bits per heavy atom. The third-order valence-corrected chi connectivity index (χ3v) is 8.63. The van der Waals surface area contributed by atoms with Crippen LogP contribution in [0.15, 0.2) is 109 Å². The van der Waals surface area contributed by atoms with Gasteiger partial charge in [-0.2, -0.15) is 0 Å². The fraction of sp³-hybridized carbons (Fsp3) is 0.231. The largest absolute Gasteiger partial charge is 0.493 e. The van der Waals surface area contributed by atoms with Crippen LogP contribution in [0.2, 0.25) is 0 Å². The molecule has 4 N–H and O–H groups in total. The third kappa shape index (κ3) is 5.99. The summed E-state index contributed by atoms with van der Waals surface area (Å²) >= 11 is 0. The first-order valence-corrected chi connectivity index (χ1v) is 16.1. The van der Waals surface area contributed by atoms with E-state index >= 15 is 0 Å². The van der Waals surface area contributed by atoms with Gasteiger partial charge in [-0.3, -0.25) is 0 Å². The molecule has 0 saturated carbocycles. The number of methoxy groups -OCH3 is 1. The zero-order chi connectivity index (χ0) is 33.2. The molecule has 2 heterocycles. The molecule has 0 saturated heterocycles. The summed E-state index contributed by atoms with van der Waals surface area (Å²) in [5.74, 6) is 2.37. The van der Waals surface area contributed by atoms with Gasteiger partial charge in [0.1, 0.15) is 30.3 Å². The number of aliphatic hydroxyl groups is 2. The number of benzene rings is 5. The van der Waals surface area contributed by atoms with Crippen molar-refractivity contribution >= 4 is 43.6 Å². The van der Waals surface area contributed by atoms with Crippen molar-refractivity contribution in [1.82, 2.24) is 14.9 Å². The van der Waals surface area contributed by atoms with E-state index in [1.54, 1.807) is 21.0 Å². The van der Waals surface area contributed by atoms with Crippen LogP contribution in [0.3, 0.4) is 0 Å². The molecule has 246 valence electrons. The molecule has 0 amide bonds. The number of hydrogen-bond donors (Lipinski definition) is 4. The summed E-state index contributed by atoms with van der Waals surface area (Å²) < 4.78 is 25.2. The molecule has 9 nitrogen and oxygen atoms in total. The highest BCUT2D eigenvalue weighted by molar-refractivity contribution is 6.11. The molecule has 7 rings (SSSR count). The maximum atomic E-state index is 11.4. The Hall–Kier alpha value is -5.22. The summed E-state index contributed by atoms with van der Waals surface area (Å²) in [7, 11) is 1.60. The molecule has 2 aromatic heterocycles. The molecule has 7 aromatic rings. The Kier molecular flexibility index (Phi) is 8.82. The molecule has 48 heavy (non-hydrogen) atoms. The predicted octanol–water partition coefficient (Wildman–Crippen LogP) is 7.22. The van der Waals surface area contributed by atoms with Crippen molar-refractivity contribution in [3.05, 3.63) is 109 Å². The van der Waals surface area contributed by atoms with Gasteiger partial charge < -0.3 is 39.1 Å². The fourth-order valence-electron chi connectivity index (χ4n) is 6.48. The summed E-state index contributed by atoms with van der Waals surface area (Å²) in [5, 5.41) is 26.6. The van der Waals surface area contributed by atoms with Crippen LogP contribution >= 0.6 is 0 Å². The van der Waals surface area contributed by atoms with Crippen LogP contribution in [0, 0.1) is 0 Å². The van der Waals surface area contributed by atoms with Gasteiger partial charge in [-0.25, -0.2) is 4.90 Å². The van der Waals surface area contributed by atoms with E-state index in [9.17, 15) is 10.2 Å². The quantitative estimate of drug-likeness (QED) is 0.0981. The standard InChI is InChI=1S/C39H39N3O6/c1-24(43)38(47-34-20-10-16-30-36(34)26-12-4-6-14-28(26)40-30)42(22-23-46-33-19-9-8-18-32(33)45-3)39(25(2)44)48-35-21-11-17-31-37(35)27-13-5-7-15-29(27)41-31/h4-21,24-25,38-41,43-44H,22-23H2,1-3H3. The molecule has 0 fully saturated rings. The fourth-order valence-corrected chi connectivity index (χ4v) is 6.48. The zero-order valence-corrected chi connectivity index (χ0v) is 27.1. The molecular formula is C39H39N3O6. The lowest BCUT2D eigenvalue weighted by atomic mass is 10.1. The maximum Gasteiger partial charge on any atom is 0.181 e. The van der Waals surface area contributed by atoms with Crippen LogP contribution in [0.25, 0.3) is 43.6 Å². The first-order valence-electron chi connectivity index (χ1n) is 16.1. The second-order valence-electron chi connectivity index (χ2n) is 11.9. The van der Waals surface area contributed by atoms with E-state index in [4.69, 9.17) is 18.9 Å². The van der Waals surface area contributed by atoms with Crippen molar-refractivity contribution in [2.24, 2.45) is 0 Å². The van der Waals surface area contributed by atoms with E-state index < -0.39 is 24.7 Å². The molecule has 0 aliphatic heterocycles. The molecule has 4 atom stereocenters. The van der Waals surface area contributed by atoms with E-state index in [0.29, 0.717) is 23.0 Å². The molecular weight excluding hydrogens is 606 g/mol. The van der Waals surface area contributed by atoms with Crippen molar-refractivity contribution in [1.29, 1.82) is 0 Å². The number of H-pyrrole nitrogens is 2. The van der Waals surface area contributed by atoms with E-state index in [-0.39, 0.29) is 13.2 Å². The Morgan fingerprint density at radius 3 is 1.50 bits per heavy atom. The molecule has 5 aromatic carbocycles. The highest BCUT2D eigenvalue weighted by Crippen LogP contribution is 2.37. The molecule has 0 aliphatic carbocycles. The minimum absolute atomic E-state index is 0.189. The normalized spacial score (nSPS) is 14.4. The van der Waals surface area contributed by atoms with Crippen molar-refractivity contribution in [3.63, 3.8) is 0 Å². The summed E-state index contributed by atoms with van der Waals surface area (Å²) in [5.41, 5.74) is 3.80. The van der Waals surface area contributed by atoms with Crippen LogP contribution in [0.5, 0.6) is 23.0 Å². The Bertz CT molecular complexity index is 2040. The SMILES string of the molecule is COc1ccccc1OCCN(C(Oc1cccc2[nH]c3ccccc3c12)C(C)O)C(Oc1cccc2[nH]c3ccccc3c12)C(C)O. The lowest BCUT2D eigenvalue weighted by Crippen LogP contribution is -2.58. The van der Waals surface area contributed by atoms with E-state index in [2.05, 4.69) is 9.97 Å². The number of aromatic amines is 2. The van der Waals surface area contributed by atoms with E-state index in [1.165, 1.54) is 0 Å². The van der Waals surface area contributed by atoms with Crippen LogP contribution in [0.1, 0.15) is 13.8 Å². The number of para-hydroxylation sites is 4. The minimum atomic E-state index is -0.995. The summed E-state index contributed by atoms with van der Waals surface area (Å²) in [6.07, 6.45) is -3.87. The monoisotopic (exact) mass is 645 g/mol. The topological polar surface area (TPSA) is 112 Å². The number of nitrogens with zero attached hydrogens (tertiary/aromatic N) is 1. The predicted molar refractivity (Wildman–Crippen MR) is 189 cm³/mol. The number of nitrogens with one attached hydrogen (secondary N) is 2. The first kappa shape index (κ1) is 31.4. The van der Waals surface area contributed by atoms with Gasteiger partial charge in [-0.05, 0) is 62.4 Å². The van der Waals surface area contributed by atoms with Gasteiger partial charge in [0.25, 0.3) is 0 Å². The average Bonchev–Trinajstić information content (AvgIpc) is 3.68. The summed E-state index contributed by atoms with van der Waals surface area (Å²) in [4.78, 5) is 8.75. The van der Waals surface area contributed by atoms with Gasteiger partial charge in [-0.1, -0.05) is 60.7 Å². The lowest BCUT2D eigenvalue weighted by Gasteiger charge is -2.40. The van der Waals surface area contributed by atoms with Gasteiger partial charge >= 0.3 is 0 Å². The van der Waals surface area contributed by atoms with Gasteiger partial charge in [0, 0.05) is 39.1 Å². The van der Waals surface area contributed by atoms with Crippen molar-refractivity contribution < 1.29 is 29.2 Å². The van der Waals surface area contributed by atoms with Crippen molar-refractivity contribution in [2.45, 2.75) is 38.5 Å². The molecule has 9 heteroatoms. The van der Waals surface area contributed by atoms with Crippen LogP contribution in [-0.4, -0.2) is 70.0 Å². The number of aliphatic hydroxyl groups excluding tert-OH is 2. The zero-order valence-electron chi connectivity index (χ0n) is 27.1. The summed E-state index contributed by atoms with van der Waals surface area (Å²) in [6, 6.07) is 35.1. The van der Waals surface area contributed by atoms with Gasteiger partial charge in [0.15, 0.2) is 24.0 Å². The highest BCUT2D eigenvalue weighted by Gasteiger charge is 2.36. The third-order valence-electron chi connectivity index (χ3n) is 8.63. The Morgan fingerprint density at radius 1 is 0.562 bits per heavy atom. The second kappa shape index (κ2) is 13.5. The second-order valence-corrected chi connectivity index (χ2v) is 11.9. The molecule has 0 spiro atoms. The molecule has 0 radical (unpaired) electrons. The minimum Gasteiger partial charge on any atom is -0.493 e. The number of rotatable bonds is 13. The van der Waals surface area contributed by atoms with Crippen LogP contribution in [0.4, 0.5) is 0 Å². The number of hydrogen-bond acceptors (Lipinski definition) is 7. The smallest absolute Gasteiger partial charge is 0.181 e. The molecule has 4 unspecified atom stereocenters. The van der Waals surface area contributed by atoms with Gasteiger partial charge in [0.05, 0.1) is 18.1 Å². The Balaban J connectivity index is 1.29. The highest BCUT2D eigenvalue weighted by atomic mass is 16.6. The number of ether oxygens (including phenoxy) is 4. The van der Waals surface area contributed by atoms with Crippen LogP contribution < -0.4 is 18.9 Å². The Labute approximate surface area is 278 Å². The van der Waals surface area contributed by atoms with Gasteiger partial charge in [0.2, 0.25) is 0 Å². The van der Waals surface area contributed by atoms with E-state index in [0.717, 1.165) is 43.6 Å². The van der Waals surface area contributed by atoms with Crippen molar-refractivity contribution in [3.8, 4) is 23.0 Å². The van der Waals surface area contributed by atoms with E-state index in [1.807, 2.05) is 114 Å².